The van der Waals surface area contributed by atoms with Crippen molar-refractivity contribution in [2.75, 3.05) is 18.5 Å². The van der Waals surface area contributed by atoms with Crippen LogP contribution in [0.15, 0.2) is 65.8 Å². The largest absolute Gasteiger partial charge is 0.453 e. The van der Waals surface area contributed by atoms with Crippen LogP contribution in [0.3, 0.4) is 0 Å². The fourth-order valence-electron chi connectivity index (χ4n) is 3.17. The third-order valence-corrected chi connectivity index (χ3v) is 4.87. The molecule has 1 heterocycles. The molecular weight excluding hydrogens is 382 g/mol. The van der Waals surface area contributed by atoms with Crippen molar-refractivity contribution in [1.82, 2.24) is 5.01 Å². The van der Waals surface area contributed by atoms with Crippen molar-refractivity contribution < 1.29 is 19.1 Å². The van der Waals surface area contributed by atoms with E-state index in [1.165, 1.54) is 16.8 Å². The van der Waals surface area contributed by atoms with Crippen LogP contribution in [-0.4, -0.2) is 48.2 Å². The summed E-state index contributed by atoms with van der Waals surface area (Å²) in [5.74, 6) is -1.16. The number of carbonyl (C=O) groups excluding carboxylic acids is 3. The molecule has 2 aromatic rings. The highest BCUT2D eigenvalue weighted by Gasteiger charge is 2.25. The molecule has 2 aromatic carbocycles. The topological polar surface area (TPSA) is 79.3 Å². The molecule has 0 saturated carbocycles. The van der Waals surface area contributed by atoms with Crippen LogP contribution >= 0.6 is 0 Å². The van der Waals surface area contributed by atoms with E-state index in [9.17, 15) is 14.4 Å². The monoisotopic (exact) mass is 407 g/mol. The second kappa shape index (κ2) is 9.82. The van der Waals surface area contributed by atoms with Crippen molar-refractivity contribution in [3.8, 4) is 0 Å². The first-order valence-corrected chi connectivity index (χ1v) is 9.91. The molecule has 7 heteroatoms. The maximum atomic E-state index is 12.5. The second-order valence-electron chi connectivity index (χ2n) is 7.04. The zero-order valence-corrected chi connectivity index (χ0v) is 17.2. The molecule has 0 aliphatic carbocycles. The number of esters is 1. The highest BCUT2D eigenvalue weighted by molar-refractivity contribution is 6.02. The third kappa shape index (κ3) is 5.31. The Morgan fingerprint density at radius 3 is 2.33 bits per heavy atom. The van der Waals surface area contributed by atoms with Gasteiger partial charge in [-0.15, -0.1) is 0 Å². The van der Waals surface area contributed by atoms with E-state index in [0.717, 1.165) is 11.3 Å². The molecule has 3 rings (SSSR count). The number of benzene rings is 2. The molecule has 0 fully saturated rings. The standard InChI is InChI=1S/C23H25N3O4/c1-17(23(29)25(2)19-11-7-4-8-12-19)30-22(28)14-13-21(27)26-16-15-20(24-26)18-9-5-3-6-10-18/h3-12,17H,13-16H2,1-2H3. The summed E-state index contributed by atoms with van der Waals surface area (Å²) in [6.45, 7) is 2.02. The van der Waals surface area contributed by atoms with Gasteiger partial charge in [0.15, 0.2) is 6.10 Å². The van der Waals surface area contributed by atoms with Crippen LogP contribution in [0.5, 0.6) is 0 Å². The van der Waals surface area contributed by atoms with Crippen LogP contribution in [0.25, 0.3) is 0 Å². The molecule has 0 aromatic heterocycles. The molecule has 0 bridgehead atoms. The summed E-state index contributed by atoms with van der Waals surface area (Å²) in [6, 6.07) is 18.8. The van der Waals surface area contributed by atoms with Gasteiger partial charge in [0.25, 0.3) is 5.91 Å². The Kier molecular flexibility index (Phi) is 6.95. The number of nitrogens with zero attached hydrogens (tertiary/aromatic N) is 3. The number of hydrazone groups is 1. The maximum Gasteiger partial charge on any atom is 0.307 e. The van der Waals surface area contributed by atoms with Crippen molar-refractivity contribution in [2.24, 2.45) is 5.10 Å². The van der Waals surface area contributed by atoms with Gasteiger partial charge in [-0.3, -0.25) is 14.4 Å². The Morgan fingerprint density at radius 2 is 1.67 bits per heavy atom. The number of ether oxygens (including phenoxy) is 1. The predicted molar refractivity (Wildman–Crippen MR) is 114 cm³/mol. The van der Waals surface area contributed by atoms with Crippen molar-refractivity contribution in [1.29, 1.82) is 0 Å². The van der Waals surface area contributed by atoms with Gasteiger partial charge in [-0.1, -0.05) is 48.5 Å². The van der Waals surface area contributed by atoms with E-state index in [-0.39, 0.29) is 24.7 Å². The summed E-state index contributed by atoms with van der Waals surface area (Å²) in [5, 5.41) is 5.77. The number of carbonyl (C=O) groups is 3. The number of hydrogen-bond donors (Lipinski definition) is 0. The summed E-state index contributed by atoms with van der Waals surface area (Å²) in [4.78, 5) is 38.4. The smallest absolute Gasteiger partial charge is 0.307 e. The van der Waals surface area contributed by atoms with E-state index in [0.29, 0.717) is 18.7 Å². The van der Waals surface area contributed by atoms with E-state index in [2.05, 4.69) is 5.10 Å². The van der Waals surface area contributed by atoms with Crippen molar-refractivity contribution in [3.63, 3.8) is 0 Å². The van der Waals surface area contributed by atoms with E-state index in [1.807, 2.05) is 48.5 Å². The lowest BCUT2D eigenvalue weighted by molar-refractivity contribution is -0.154. The first-order chi connectivity index (χ1) is 14.5. The highest BCUT2D eigenvalue weighted by Crippen LogP contribution is 2.16. The second-order valence-corrected chi connectivity index (χ2v) is 7.04. The lowest BCUT2D eigenvalue weighted by Gasteiger charge is -2.21. The van der Waals surface area contributed by atoms with Crippen LogP contribution < -0.4 is 4.90 Å². The zero-order valence-electron chi connectivity index (χ0n) is 17.2. The van der Waals surface area contributed by atoms with E-state index < -0.39 is 12.1 Å². The van der Waals surface area contributed by atoms with Crippen molar-refractivity contribution in [2.45, 2.75) is 32.3 Å². The lowest BCUT2D eigenvalue weighted by Crippen LogP contribution is -2.37. The van der Waals surface area contributed by atoms with Crippen LogP contribution in [0, 0.1) is 0 Å². The molecule has 7 nitrogen and oxygen atoms in total. The molecule has 0 spiro atoms. The molecular formula is C23H25N3O4. The Bertz CT molecular complexity index is 928. The highest BCUT2D eigenvalue weighted by atomic mass is 16.5. The molecule has 0 radical (unpaired) electrons. The van der Waals surface area contributed by atoms with E-state index in [1.54, 1.807) is 19.2 Å². The van der Waals surface area contributed by atoms with Crippen molar-refractivity contribution in [3.05, 3.63) is 66.2 Å². The van der Waals surface area contributed by atoms with Gasteiger partial charge >= 0.3 is 5.97 Å². The zero-order chi connectivity index (χ0) is 21.5. The van der Waals surface area contributed by atoms with Gasteiger partial charge in [-0.2, -0.15) is 5.10 Å². The number of rotatable bonds is 7. The Labute approximate surface area is 175 Å². The van der Waals surface area contributed by atoms with Gasteiger partial charge < -0.3 is 9.64 Å². The minimum Gasteiger partial charge on any atom is -0.453 e. The summed E-state index contributed by atoms with van der Waals surface area (Å²) in [6.07, 6.45) is -0.373. The number of likely N-dealkylation sites (N-methyl/N-ethyl adjacent to an activating group) is 1. The normalized spacial score (nSPS) is 14.1. The summed E-state index contributed by atoms with van der Waals surface area (Å²) >= 11 is 0. The Morgan fingerprint density at radius 1 is 1.03 bits per heavy atom. The molecule has 2 amide bonds. The minimum absolute atomic E-state index is 0.0140. The van der Waals surface area contributed by atoms with Gasteiger partial charge in [0.05, 0.1) is 18.7 Å². The predicted octanol–water partition coefficient (Wildman–Crippen LogP) is 3.00. The molecule has 1 aliphatic rings. The average molecular weight is 407 g/mol. The van der Waals surface area contributed by atoms with Gasteiger partial charge in [0.1, 0.15) is 0 Å². The lowest BCUT2D eigenvalue weighted by atomic mass is 10.1. The molecule has 1 aliphatic heterocycles. The summed E-state index contributed by atoms with van der Waals surface area (Å²) < 4.78 is 5.22. The van der Waals surface area contributed by atoms with Crippen molar-refractivity contribution >= 4 is 29.2 Å². The van der Waals surface area contributed by atoms with E-state index >= 15 is 0 Å². The first kappa shape index (κ1) is 21.2. The Balaban J connectivity index is 1.47. The molecule has 1 atom stereocenters. The van der Waals surface area contributed by atoms with Gasteiger partial charge in [0, 0.05) is 25.6 Å². The average Bonchev–Trinajstić information content (AvgIpc) is 3.28. The van der Waals surface area contributed by atoms with Crippen LogP contribution in [0.2, 0.25) is 0 Å². The Hall–Kier alpha value is -3.48. The van der Waals surface area contributed by atoms with Crippen LogP contribution in [0.1, 0.15) is 31.7 Å². The summed E-state index contributed by atoms with van der Waals surface area (Å²) in [5.41, 5.74) is 2.55. The molecule has 156 valence electrons. The molecule has 1 unspecified atom stereocenters. The van der Waals surface area contributed by atoms with Crippen LogP contribution in [-0.2, 0) is 19.1 Å². The van der Waals surface area contributed by atoms with E-state index in [4.69, 9.17) is 4.74 Å². The van der Waals surface area contributed by atoms with Gasteiger partial charge in [0.2, 0.25) is 5.91 Å². The van der Waals surface area contributed by atoms with Gasteiger partial charge in [-0.25, -0.2) is 5.01 Å². The summed E-state index contributed by atoms with van der Waals surface area (Å²) in [7, 11) is 1.63. The number of anilines is 1. The third-order valence-electron chi connectivity index (χ3n) is 4.87. The SMILES string of the molecule is CC(OC(=O)CCC(=O)N1CCC(c2ccccc2)=N1)C(=O)N(C)c1ccccc1. The molecule has 30 heavy (non-hydrogen) atoms. The minimum atomic E-state index is -0.938. The number of para-hydroxylation sites is 1. The fraction of sp³-hybridized carbons (Fsp3) is 0.304. The molecule has 0 N–H and O–H groups in total. The van der Waals surface area contributed by atoms with Crippen LogP contribution in [0.4, 0.5) is 5.69 Å². The van der Waals surface area contributed by atoms with Gasteiger partial charge in [-0.05, 0) is 24.6 Å². The molecule has 0 saturated heterocycles. The fourth-order valence-corrected chi connectivity index (χ4v) is 3.17. The quantitative estimate of drug-likeness (QED) is 0.661. The maximum absolute atomic E-state index is 12.5. The first-order valence-electron chi connectivity index (χ1n) is 9.91. The number of hydrogen-bond acceptors (Lipinski definition) is 5. The number of amides is 2.